The zero-order valence-corrected chi connectivity index (χ0v) is 13.1. The second-order valence-electron chi connectivity index (χ2n) is 5.53. The van der Waals surface area contributed by atoms with E-state index in [1.165, 1.54) is 10.8 Å². The molecule has 2 N–H and O–H groups in total. The Kier molecular flexibility index (Phi) is 4.80. The Balaban J connectivity index is 1.53. The maximum Gasteiger partial charge on any atom is 0.230 e. The van der Waals surface area contributed by atoms with Gasteiger partial charge in [0, 0.05) is 23.5 Å². The van der Waals surface area contributed by atoms with Gasteiger partial charge < -0.3 is 10.4 Å². The van der Waals surface area contributed by atoms with Crippen LogP contribution in [0.2, 0.25) is 0 Å². The summed E-state index contributed by atoms with van der Waals surface area (Å²) in [6.45, 7) is 0.148. The number of thioether (sulfide) groups is 1. The first-order valence-electron chi connectivity index (χ1n) is 7.45. The predicted molar refractivity (Wildman–Crippen MR) is 90.9 cm³/mol. The average Bonchev–Trinajstić information content (AvgIpc) is 3.00. The first-order chi connectivity index (χ1) is 10.7. The van der Waals surface area contributed by atoms with E-state index in [4.69, 9.17) is 5.11 Å². The molecule has 3 rings (SSSR count). The molecule has 0 unspecified atom stereocenters. The topological polar surface area (TPSA) is 49.3 Å². The van der Waals surface area contributed by atoms with Crippen molar-refractivity contribution in [2.75, 3.05) is 12.4 Å². The summed E-state index contributed by atoms with van der Waals surface area (Å²) in [5.74, 6) is 0.622. The van der Waals surface area contributed by atoms with Crippen LogP contribution in [0.4, 0.5) is 0 Å². The fourth-order valence-corrected chi connectivity index (χ4v) is 3.43. The molecule has 4 heteroatoms. The minimum Gasteiger partial charge on any atom is -0.396 e. The maximum absolute atomic E-state index is 12.0. The maximum atomic E-state index is 12.0. The zero-order chi connectivity index (χ0) is 15.4. The summed E-state index contributed by atoms with van der Waals surface area (Å²) in [4.78, 5) is 13.1. The summed E-state index contributed by atoms with van der Waals surface area (Å²) in [6, 6.07) is 14.5. The first-order valence-corrected chi connectivity index (χ1v) is 8.43. The monoisotopic (exact) mass is 313 g/mol. The molecule has 2 atom stereocenters. The lowest BCUT2D eigenvalue weighted by Gasteiger charge is -2.12. The van der Waals surface area contributed by atoms with Crippen LogP contribution < -0.4 is 5.32 Å². The van der Waals surface area contributed by atoms with Crippen LogP contribution in [0.25, 0.3) is 10.8 Å². The van der Waals surface area contributed by atoms with Gasteiger partial charge in [0.1, 0.15) is 0 Å². The molecule has 1 aliphatic carbocycles. The molecule has 0 bridgehead atoms. The van der Waals surface area contributed by atoms with Gasteiger partial charge in [0.15, 0.2) is 0 Å². The van der Waals surface area contributed by atoms with E-state index in [2.05, 4.69) is 35.6 Å². The fraction of sp³-hybridized carbons (Fsp3) is 0.278. The van der Waals surface area contributed by atoms with Crippen LogP contribution in [0.15, 0.2) is 59.5 Å². The van der Waals surface area contributed by atoms with Crippen LogP contribution in [0.1, 0.15) is 6.42 Å². The van der Waals surface area contributed by atoms with E-state index >= 15 is 0 Å². The lowest BCUT2D eigenvalue weighted by Crippen LogP contribution is -2.34. The van der Waals surface area contributed by atoms with E-state index in [9.17, 15) is 4.79 Å². The largest absolute Gasteiger partial charge is 0.396 e. The second-order valence-corrected chi connectivity index (χ2v) is 6.58. The van der Waals surface area contributed by atoms with Crippen LogP contribution >= 0.6 is 11.8 Å². The van der Waals surface area contributed by atoms with Crippen molar-refractivity contribution in [2.45, 2.75) is 17.4 Å². The van der Waals surface area contributed by atoms with Crippen molar-refractivity contribution in [2.24, 2.45) is 5.92 Å². The summed E-state index contributed by atoms with van der Waals surface area (Å²) in [6.07, 6.45) is 4.74. The molecule has 0 heterocycles. The van der Waals surface area contributed by atoms with Crippen molar-refractivity contribution >= 4 is 28.4 Å². The van der Waals surface area contributed by atoms with Gasteiger partial charge in [-0.3, -0.25) is 4.79 Å². The molecule has 0 spiro atoms. The normalized spacial score (nSPS) is 20.4. The van der Waals surface area contributed by atoms with Crippen LogP contribution in [0.5, 0.6) is 0 Å². The summed E-state index contributed by atoms with van der Waals surface area (Å²) in [5, 5.41) is 14.5. The van der Waals surface area contributed by atoms with Gasteiger partial charge in [0.05, 0.1) is 5.75 Å². The molecule has 0 saturated carbocycles. The number of amides is 1. The molecule has 0 aromatic heterocycles. The number of nitrogens with one attached hydrogen (secondary N) is 1. The Morgan fingerprint density at radius 1 is 1.18 bits per heavy atom. The molecule has 2 aromatic rings. The highest BCUT2D eigenvalue weighted by molar-refractivity contribution is 8.00. The number of carbonyl (C=O) groups is 1. The first kappa shape index (κ1) is 15.1. The lowest BCUT2D eigenvalue weighted by molar-refractivity contribution is -0.119. The number of rotatable bonds is 5. The smallest absolute Gasteiger partial charge is 0.230 e. The van der Waals surface area contributed by atoms with E-state index in [0.717, 1.165) is 11.3 Å². The standard InChI is InChI=1S/C18H19NO2S/c20-11-13-5-7-16(9-13)19-18(21)12-22-17-8-6-14-3-1-2-4-15(14)10-17/h1-8,10,13,16,20H,9,11-12H2,(H,19,21)/t13-,16+/m0/s1. The van der Waals surface area contributed by atoms with Crippen molar-refractivity contribution in [1.29, 1.82) is 0 Å². The van der Waals surface area contributed by atoms with Gasteiger partial charge in [-0.1, -0.05) is 42.5 Å². The van der Waals surface area contributed by atoms with Crippen molar-refractivity contribution in [3.05, 3.63) is 54.6 Å². The highest BCUT2D eigenvalue weighted by atomic mass is 32.2. The Hall–Kier alpha value is -1.78. The van der Waals surface area contributed by atoms with Gasteiger partial charge >= 0.3 is 0 Å². The molecular formula is C18H19NO2S. The molecular weight excluding hydrogens is 294 g/mol. The van der Waals surface area contributed by atoms with Crippen LogP contribution in [-0.2, 0) is 4.79 Å². The molecule has 0 radical (unpaired) electrons. The summed E-state index contributed by atoms with van der Waals surface area (Å²) >= 11 is 1.55. The van der Waals surface area contributed by atoms with E-state index < -0.39 is 0 Å². The number of aliphatic hydroxyl groups excluding tert-OH is 1. The van der Waals surface area contributed by atoms with E-state index in [1.807, 2.05) is 24.3 Å². The Morgan fingerprint density at radius 2 is 2.00 bits per heavy atom. The highest BCUT2D eigenvalue weighted by Crippen LogP contribution is 2.24. The third kappa shape index (κ3) is 3.70. The quantitative estimate of drug-likeness (QED) is 0.659. The SMILES string of the molecule is O=C(CSc1ccc2ccccc2c1)N[C@@H]1C=C[C@H](CO)C1. The highest BCUT2D eigenvalue weighted by Gasteiger charge is 2.19. The van der Waals surface area contributed by atoms with Gasteiger partial charge in [-0.15, -0.1) is 11.8 Å². The van der Waals surface area contributed by atoms with E-state index in [-0.39, 0.29) is 24.5 Å². The third-order valence-electron chi connectivity index (χ3n) is 3.84. The number of benzene rings is 2. The second kappa shape index (κ2) is 6.99. The minimum atomic E-state index is 0.0337. The third-order valence-corrected chi connectivity index (χ3v) is 4.84. The van der Waals surface area contributed by atoms with E-state index in [0.29, 0.717) is 5.75 Å². The summed E-state index contributed by atoms with van der Waals surface area (Å²) < 4.78 is 0. The van der Waals surface area contributed by atoms with Crippen LogP contribution in [-0.4, -0.2) is 29.4 Å². The van der Waals surface area contributed by atoms with E-state index in [1.54, 1.807) is 11.8 Å². The van der Waals surface area contributed by atoms with Gasteiger partial charge in [0.2, 0.25) is 5.91 Å². The Labute approximate surface area is 134 Å². The molecule has 3 nitrogen and oxygen atoms in total. The number of fused-ring (bicyclic) bond motifs is 1. The molecule has 0 aliphatic heterocycles. The van der Waals surface area contributed by atoms with Gasteiger partial charge in [-0.2, -0.15) is 0 Å². The predicted octanol–water partition coefficient (Wildman–Crippen LogP) is 2.99. The molecule has 114 valence electrons. The zero-order valence-electron chi connectivity index (χ0n) is 12.2. The molecule has 0 saturated heterocycles. The fourth-order valence-electron chi connectivity index (χ4n) is 2.67. The Bertz CT molecular complexity index is 698. The minimum absolute atomic E-state index is 0.0337. The van der Waals surface area contributed by atoms with Crippen molar-refractivity contribution in [3.8, 4) is 0 Å². The van der Waals surface area contributed by atoms with Gasteiger partial charge in [0.25, 0.3) is 0 Å². The Morgan fingerprint density at radius 3 is 2.77 bits per heavy atom. The van der Waals surface area contributed by atoms with Crippen molar-refractivity contribution in [3.63, 3.8) is 0 Å². The number of aliphatic hydroxyl groups is 1. The van der Waals surface area contributed by atoms with Crippen molar-refractivity contribution < 1.29 is 9.90 Å². The number of hydrogen-bond donors (Lipinski definition) is 2. The molecule has 0 fully saturated rings. The average molecular weight is 313 g/mol. The molecule has 2 aromatic carbocycles. The van der Waals surface area contributed by atoms with Crippen molar-refractivity contribution in [1.82, 2.24) is 5.32 Å². The van der Waals surface area contributed by atoms with Crippen LogP contribution in [0, 0.1) is 5.92 Å². The van der Waals surface area contributed by atoms with Gasteiger partial charge in [-0.05, 0) is 29.3 Å². The number of hydrogen-bond acceptors (Lipinski definition) is 3. The molecule has 1 aliphatic rings. The lowest BCUT2D eigenvalue weighted by atomic mass is 10.1. The number of carbonyl (C=O) groups excluding carboxylic acids is 1. The summed E-state index contributed by atoms with van der Waals surface area (Å²) in [7, 11) is 0. The summed E-state index contributed by atoms with van der Waals surface area (Å²) in [5.41, 5.74) is 0. The van der Waals surface area contributed by atoms with Crippen LogP contribution in [0.3, 0.4) is 0 Å². The molecule has 22 heavy (non-hydrogen) atoms. The molecule has 1 amide bonds. The van der Waals surface area contributed by atoms with Gasteiger partial charge in [-0.25, -0.2) is 0 Å².